The molecule has 2 amide bonds. The zero-order chi connectivity index (χ0) is 26.8. The Kier molecular flexibility index (Phi) is 10.5. The van der Waals surface area contributed by atoms with Crippen molar-refractivity contribution in [1.29, 1.82) is 0 Å². The fraction of sp³-hybridized carbons (Fsp3) is 0.222. The maximum absolute atomic E-state index is 12.4. The van der Waals surface area contributed by atoms with Gasteiger partial charge in [-0.25, -0.2) is 5.43 Å². The summed E-state index contributed by atoms with van der Waals surface area (Å²) in [5.74, 6) is 1.06. The van der Waals surface area contributed by atoms with Crippen molar-refractivity contribution in [3.8, 4) is 17.2 Å². The molecule has 0 saturated heterocycles. The molecule has 8 nitrogen and oxygen atoms in total. The van der Waals surface area contributed by atoms with Crippen LogP contribution in [0.2, 0.25) is 0 Å². The smallest absolute Gasteiger partial charge is 0.262 e. The molecule has 0 aliphatic rings. The van der Waals surface area contributed by atoms with Crippen molar-refractivity contribution in [1.82, 2.24) is 10.7 Å². The summed E-state index contributed by atoms with van der Waals surface area (Å²) in [4.78, 5) is 24.7. The molecule has 0 radical (unpaired) electrons. The summed E-state index contributed by atoms with van der Waals surface area (Å²) in [6.45, 7) is 1.96. The number of amides is 2. The van der Waals surface area contributed by atoms with E-state index in [2.05, 4.69) is 47.7 Å². The Morgan fingerprint density at radius 1 is 0.973 bits per heavy atom. The minimum absolute atomic E-state index is 0.148. The molecule has 3 aromatic rings. The molecular formula is C27H27Br2N3O5. The number of ether oxygens (including phenoxy) is 3. The Hall–Kier alpha value is -3.37. The monoisotopic (exact) mass is 631 g/mol. The van der Waals surface area contributed by atoms with Gasteiger partial charge in [-0.1, -0.05) is 40.2 Å². The van der Waals surface area contributed by atoms with Crippen molar-refractivity contribution >= 4 is 49.9 Å². The van der Waals surface area contributed by atoms with Crippen LogP contribution >= 0.6 is 31.9 Å². The highest BCUT2D eigenvalue weighted by Crippen LogP contribution is 2.37. The highest BCUT2D eigenvalue weighted by molar-refractivity contribution is 9.10. The van der Waals surface area contributed by atoms with Crippen LogP contribution in [0.15, 0.2) is 74.7 Å². The van der Waals surface area contributed by atoms with E-state index in [1.165, 1.54) is 6.21 Å². The van der Waals surface area contributed by atoms with E-state index in [9.17, 15) is 9.59 Å². The molecule has 0 aromatic heterocycles. The lowest BCUT2D eigenvalue weighted by Gasteiger charge is -2.14. The van der Waals surface area contributed by atoms with Crippen molar-refractivity contribution in [3.63, 3.8) is 0 Å². The largest absolute Gasteiger partial charge is 0.497 e. The Bertz CT molecular complexity index is 1250. The minimum Gasteiger partial charge on any atom is -0.497 e. The second-order valence-electron chi connectivity index (χ2n) is 8.00. The number of hydrogen-bond donors (Lipinski definition) is 2. The van der Waals surface area contributed by atoms with Crippen molar-refractivity contribution in [3.05, 3.63) is 86.3 Å². The van der Waals surface area contributed by atoms with Gasteiger partial charge in [0.15, 0.2) is 11.5 Å². The number of rotatable bonds is 11. The molecule has 0 aliphatic carbocycles. The first-order chi connectivity index (χ1) is 17.8. The third kappa shape index (κ3) is 8.61. The van der Waals surface area contributed by atoms with E-state index in [-0.39, 0.29) is 12.3 Å². The Morgan fingerprint density at radius 3 is 2.30 bits per heavy atom. The van der Waals surface area contributed by atoms with Gasteiger partial charge in [0.2, 0.25) is 5.91 Å². The molecule has 0 heterocycles. The van der Waals surface area contributed by atoms with E-state index in [0.717, 1.165) is 15.6 Å². The summed E-state index contributed by atoms with van der Waals surface area (Å²) < 4.78 is 18.2. The molecule has 1 unspecified atom stereocenters. The molecule has 0 aliphatic heterocycles. The number of nitrogens with zero attached hydrogens (tertiary/aromatic N) is 1. The number of carbonyl (C=O) groups is 2. The van der Waals surface area contributed by atoms with Crippen molar-refractivity contribution in [2.24, 2.45) is 5.10 Å². The second kappa shape index (κ2) is 13.8. The van der Waals surface area contributed by atoms with Crippen molar-refractivity contribution in [2.75, 3.05) is 14.2 Å². The van der Waals surface area contributed by atoms with Gasteiger partial charge in [0.1, 0.15) is 18.4 Å². The summed E-state index contributed by atoms with van der Waals surface area (Å²) in [6.07, 6.45) is 1.63. The number of hydrazone groups is 1. The maximum atomic E-state index is 12.4. The van der Waals surface area contributed by atoms with E-state index in [1.807, 2.05) is 24.3 Å². The average Bonchev–Trinajstić information content (AvgIpc) is 2.89. The first-order valence-electron chi connectivity index (χ1n) is 11.3. The Balaban J connectivity index is 1.53. The lowest BCUT2D eigenvalue weighted by molar-refractivity contribution is -0.128. The molecule has 0 fully saturated rings. The average molecular weight is 633 g/mol. The second-order valence-corrected chi connectivity index (χ2v) is 9.77. The summed E-state index contributed by atoms with van der Waals surface area (Å²) in [7, 11) is 3.13. The number of hydrogen-bond acceptors (Lipinski definition) is 6. The van der Waals surface area contributed by atoms with E-state index >= 15 is 0 Å². The molecule has 0 bridgehead atoms. The van der Waals surface area contributed by atoms with Gasteiger partial charge in [0.25, 0.3) is 5.91 Å². The highest BCUT2D eigenvalue weighted by atomic mass is 79.9. The molecule has 10 heteroatoms. The fourth-order valence-electron chi connectivity index (χ4n) is 3.24. The van der Waals surface area contributed by atoms with Crippen LogP contribution in [0.4, 0.5) is 0 Å². The molecule has 1 atom stereocenters. The van der Waals surface area contributed by atoms with Gasteiger partial charge in [-0.05, 0) is 75.9 Å². The predicted molar refractivity (Wildman–Crippen MR) is 149 cm³/mol. The third-order valence-electron chi connectivity index (χ3n) is 5.23. The molecule has 3 aromatic carbocycles. The first kappa shape index (κ1) is 28.2. The highest BCUT2D eigenvalue weighted by Gasteiger charge is 2.16. The zero-order valence-corrected chi connectivity index (χ0v) is 23.8. The van der Waals surface area contributed by atoms with Gasteiger partial charge in [-0.3, -0.25) is 9.59 Å². The zero-order valence-electron chi connectivity index (χ0n) is 20.6. The van der Waals surface area contributed by atoms with Crippen LogP contribution in [0.5, 0.6) is 17.2 Å². The molecule has 2 N–H and O–H groups in total. The molecule has 194 valence electrons. The van der Waals surface area contributed by atoms with Crippen LogP contribution in [0, 0.1) is 0 Å². The fourth-order valence-corrected chi connectivity index (χ4v) is 4.08. The molecule has 37 heavy (non-hydrogen) atoms. The van der Waals surface area contributed by atoms with Crippen LogP contribution in [0.3, 0.4) is 0 Å². The number of methoxy groups -OCH3 is 2. The van der Waals surface area contributed by atoms with E-state index in [1.54, 1.807) is 57.5 Å². The number of benzene rings is 3. The normalized spacial score (nSPS) is 11.6. The van der Waals surface area contributed by atoms with E-state index in [0.29, 0.717) is 33.9 Å². The van der Waals surface area contributed by atoms with E-state index in [4.69, 9.17) is 14.2 Å². The predicted octanol–water partition coefficient (Wildman–Crippen LogP) is 5.01. The van der Waals surface area contributed by atoms with Crippen molar-refractivity contribution < 1.29 is 23.8 Å². The molecule has 3 rings (SSSR count). The van der Waals surface area contributed by atoms with Crippen LogP contribution in [-0.2, 0) is 22.6 Å². The van der Waals surface area contributed by atoms with Crippen LogP contribution in [0.25, 0.3) is 0 Å². The minimum atomic E-state index is -0.765. The lowest BCUT2D eigenvalue weighted by atomic mass is 10.1. The first-order valence-corrected chi connectivity index (χ1v) is 12.9. The summed E-state index contributed by atoms with van der Waals surface area (Å²) >= 11 is 6.93. The Labute approximate surface area is 232 Å². The van der Waals surface area contributed by atoms with Crippen LogP contribution < -0.4 is 25.0 Å². The number of carbonyl (C=O) groups excluding carboxylic acids is 2. The summed E-state index contributed by atoms with van der Waals surface area (Å²) in [5.41, 5.74) is 4.95. The summed E-state index contributed by atoms with van der Waals surface area (Å²) in [5, 5.41) is 6.68. The van der Waals surface area contributed by atoms with Gasteiger partial charge in [-0.15, -0.1) is 0 Å². The quantitative estimate of drug-likeness (QED) is 0.229. The van der Waals surface area contributed by atoms with Gasteiger partial charge in [0, 0.05) is 4.47 Å². The van der Waals surface area contributed by atoms with Crippen molar-refractivity contribution in [2.45, 2.75) is 26.0 Å². The standard InChI is InChI=1S/C27H27Br2N3O5/c1-17(31-25(33)14-18-6-10-22(35-2)11-7-18)27(34)32-30-15-20-12-23(29)26(24(13-20)36-3)37-16-19-4-8-21(28)9-5-19/h4-13,15,17H,14,16H2,1-3H3,(H,31,33)(H,32,34). The SMILES string of the molecule is COc1ccc(CC(=O)NC(C)C(=O)NN=Cc2cc(Br)c(OCc3ccc(Br)cc3)c(OC)c2)cc1. The molecule has 0 spiro atoms. The summed E-state index contributed by atoms with van der Waals surface area (Å²) in [6, 6.07) is 17.8. The van der Waals surface area contributed by atoms with Gasteiger partial charge < -0.3 is 19.5 Å². The lowest BCUT2D eigenvalue weighted by Crippen LogP contribution is -2.43. The molecular weight excluding hydrogens is 606 g/mol. The van der Waals surface area contributed by atoms with Crippen LogP contribution in [0.1, 0.15) is 23.6 Å². The maximum Gasteiger partial charge on any atom is 0.262 e. The van der Waals surface area contributed by atoms with Crippen LogP contribution in [-0.4, -0.2) is 38.3 Å². The van der Waals surface area contributed by atoms with E-state index < -0.39 is 11.9 Å². The third-order valence-corrected chi connectivity index (χ3v) is 6.35. The van der Waals surface area contributed by atoms with Gasteiger partial charge in [0.05, 0.1) is 31.3 Å². The topological polar surface area (TPSA) is 98.2 Å². The van der Waals surface area contributed by atoms with Gasteiger partial charge >= 0.3 is 0 Å². The van der Waals surface area contributed by atoms with Gasteiger partial charge in [-0.2, -0.15) is 5.10 Å². The Morgan fingerprint density at radius 2 is 1.65 bits per heavy atom. The number of nitrogens with one attached hydrogen (secondary N) is 2. The number of halogens is 2. The molecule has 0 saturated carbocycles.